The molecule has 6 aromatic carbocycles. The first kappa shape index (κ1) is 20.7. The van der Waals surface area contributed by atoms with Gasteiger partial charge in [-0.05, 0) is 52.8 Å². The van der Waals surface area contributed by atoms with E-state index in [2.05, 4.69) is 137 Å². The van der Waals surface area contributed by atoms with Gasteiger partial charge in [0.05, 0.1) is 22.2 Å². The number of hydrogen-bond donors (Lipinski definition) is 0. The molecule has 0 aliphatic carbocycles. The number of fused-ring (bicyclic) bond motifs is 10. The van der Waals surface area contributed by atoms with Crippen LogP contribution in [0.25, 0.3) is 55.0 Å². The molecule has 2 aromatic heterocycles. The number of benzene rings is 6. The molecule has 0 bridgehead atoms. The largest absolute Gasteiger partial charge is 0.456 e. The van der Waals surface area contributed by atoms with Crippen molar-refractivity contribution >= 4 is 66.7 Å². The molecule has 0 unspecified atom stereocenters. The predicted molar refractivity (Wildman–Crippen MR) is 166 cm³/mol. The number of ether oxygens (including phenoxy) is 1. The highest BCUT2D eigenvalue weighted by Crippen LogP contribution is 2.41. The average Bonchev–Trinajstić information content (AvgIpc) is 3.53. The minimum absolute atomic E-state index is 0.0866. The Bertz CT molecular complexity index is 2320. The van der Waals surface area contributed by atoms with Crippen LogP contribution in [0.2, 0.25) is 0 Å². The molecule has 0 fully saturated rings. The van der Waals surface area contributed by atoms with Crippen molar-refractivity contribution in [3.63, 3.8) is 0 Å². The van der Waals surface area contributed by atoms with E-state index in [4.69, 9.17) is 4.74 Å². The molecule has 2 aliphatic heterocycles. The van der Waals surface area contributed by atoms with Crippen LogP contribution in [-0.2, 0) is 0 Å². The summed E-state index contributed by atoms with van der Waals surface area (Å²) in [6.07, 6.45) is 0. The Hall–Kier alpha value is -5.22. The summed E-state index contributed by atoms with van der Waals surface area (Å²) in [7, 11) is 0. The molecule has 3 nitrogen and oxygen atoms in total. The lowest BCUT2D eigenvalue weighted by Crippen LogP contribution is -2.58. The summed E-state index contributed by atoms with van der Waals surface area (Å²) in [5.41, 5.74) is 11.0. The van der Waals surface area contributed by atoms with E-state index in [0.29, 0.717) is 0 Å². The molecule has 8 aromatic rings. The van der Waals surface area contributed by atoms with Gasteiger partial charge in [-0.3, -0.25) is 0 Å². The fourth-order valence-electron chi connectivity index (χ4n) is 7.45. The number of rotatable bonds is 1. The second-order valence-corrected chi connectivity index (χ2v) is 10.9. The molecule has 184 valence electrons. The van der Waals surface area contributed by atoms with Crippen molar-refractivity contribution in [2.24, 2.45) is 0 Å². The van der Waals surface area contributed by atoms with Crippen LogP contribution in [-0.4, -0.2) is 15.8 Å². The Balaban J connectivity index is 1.40. The fourth-order valence-corrected chi connectivity index (χ4v) is 7.45. The molecule has 4 heterocycles. The van der Waals surface area contributed by atoms with Crippen LogP contribution in [0.15, 0.2) is 127 Å². The van der Waals surface area contributed by atoms with E-state index in [0.717, 1.165) is 17.2 Å². The molecule has 10 rings (SSSR count). The van der Waals surface area contributed by atoms with Gasteiger partial charge in [0.15, 0.2) is 0 Å². The van der Waals surface area contributed by atoms with Crippen LogP contribution in [0.1, 0.15) is 0 Å². The number of para-hydroxylation sites is 5. The maximum Gasteiger partial charge on any atom is 0.256 e. The van der Waals surface area contributed by atoms with Gasteiger partial charge < -0.3 is 13.9 Å². The summed E-state index contributed by atoms with van der Waals surface area (Å²) in [5, 5.41) is 5.08. The van der Waals surface area contributed by atoms with E-state index in [1.807, 2.05) is 0 Å². The minimum atomic E-state index is 0.0866. The summed E-state index contributed by atoms with van der Waals surface area (Å²) in [4.78, 5) is 0. The third-order valence-electron chi connectivity index (χ3n) is 8.98. The summed E-state index contributed by atoms with van der Waals surface area (Å²) < 4.78 is 11.8. The normalized spacial score (nSPS) is 13.2. The van der Waals surface area contributed by atoms with Gasteiger partial charge in [0.1, 0.15) is 11.5 Å². The van der Waals surface area contributed by atoms with Gasteiger partial charge in [-0.15, -0.1) is 0 Å². The zero-order valence-electron chi connectivity index (χ0n) is 21.5. The zero-order chi connectivity index (χ0) is 25.9. The maximum absolute atomic E-state index is 6.94. The van der Waals surface area contributed by atoms with Crippen LogP contribution < -0.4 is 21.1 Å². The third-order valence-corrected chi connectivity index (χ3v) is 8.98. The molecular formula is C36H21BN2O. The van der Waals surface area contributed by atoms with Crippen LogP contribution >= 0.6 is 0 Å². The first-order valence-corrected chi connectivity index (χ1v) is 13.8. The quantitative estimate of drug-likeness (QED) is 0.223. The molecule has 0 saturated carbocycles. The van der Waals surface area contributed by atoms with Crippen LogP contribution in [0, 0.1) is 0 Å². The van der Waals surface area contributed by atoms with Crippen molar-refractivity contribution in [1.82, 2.24) is 9.13 Å². The molecule has 0 amide bonds. The van der Waals surface area contributed by atoms with E-state index < -0.39 is 0 Å². The van der Waals surface area contributed by atoms with Crippen molar-refractivity contribution < 1.29 is 4.74 Å². The lowest BCUT2D eigenvalue weighted by atomic mass is 9.34. The van der Waals surface area contributed by atoms with Crippen molar-refractivity contribution in [1.29, 1.82) is 0 Å². The zero-order valence-corrected chi connectivity index (χ0v) is 21.5. The van der Waals surface area contributed by atoms with Crippen molar-refractivity contribution in [3.05, 3.63) is 127 Å². The highest BCUT2D eigenvalue weighted by atomic mass is 16.5. The Labute approximate surface area is 230 Å². The van der Waals surface area contributed by atoms with E-state index >= 15 is 0 Å². The van der Waals surface area contributed by atoms with Crippen molar-refractivity contribution in [2.75, 3.05) is 0 Å². The SMILES string of the molecule is c1ccc2c(c1)Oc1c(-n3c4ccccc4c4ccccc43)ccc3c1B2c1cccc2c4ccccc4n-3c12. The molecular weight excluding hydrogens is 487 g/mol. The summed E-state index contributed by atoms with van der Waals surface area (Å²) in [6, 6.07) is 46.0. The maximum atomic E-state index is 6.94. The van der Waals surface area contributed by atoms with Gasteiger partial charge in [0.2, 0.25) is 0 Å². The first-order valence-electron chi connectivity index (χ1n) is 13.8. The van der Waals surface area contributed by atoms with E-state index in [1.54, 1.807) is 0 Å². The lowest BCUT2D eigenvalue weighted by molar-refractivity contribution is 0.485. The molecule has 0 N–H and O–H groups in total. The summed E-state index contributed by atoms with van der Waals surface area (Å²) >= 11 is 0. The Morgan fingerprint density at radius 1 is 0.450 bits per heavy atom. The Morgan fingerprint density at radius 3 is 1.75 bits per heavy atom. The number of aromatic nitrogens is 2. The summed E-state index contributed by atoms with van der Waals surface area (Å²) in [6.45, 7) is 0.0866. The van der Waals surface area contributed by atoms with Crippen LogP contribution in [0.4, 0.5) is 0 Å². The molecule has 0 atom stereocenters. The molecule has 2 aliphatic rings. The molecule has 0 saturated heterocycles. The smallest absolute Gasteiger partial charge is 0.256 e. The monoisotopic (exact) mass is 508 g/mol. The van der Waals surface area contributed by atoms with Gasteiger partial charge in [0, 0.05) is 32.7 Å². The molecule has 0 radical (unpaired) electrons. The van der Waals surface area contributed by atoms with Crippen LogP contribution in [0.3, 0.4) is 0 Å². The minimum Gasteiger partial charge on any atom is -0.456 e. The third kappa shape index (κ3) is 2.39. The van der Waals surface area contributed by atoms with E-state index in [9.17, 15) is 0 Å². The van der Waals surface area contributed by atoms with Gasteiger partial charge in [0.25, 0.3) is 6.71 Å². The topological polar surface area (TPSA) is 19.1 Å². The second kappa shape index (κ2) is 7.25. The van der Waals surface area contributed by atoms with Gasteiger partial charge in [-0.2, -0.15) is 0 Å². The highest BCUT2D eigenvalue weighted by molar-refractivity contribution is 6.99. The van der Waals surface area contributed by atoms with Gasteiger partial charge in [-0.25, -0.2) is 0 Å². The van der Waals surface area contributed by atoms with Gasteiger partial charge >= 0.3 is 0 Å². The van der Waals surface area contributed by atoms with Crippen molar-refractivity contribution in [2.45, 2.75) is 0 Å². The highest BCUT2D eigenvalue weighted by Gasteiger charge is 2.41. The van der Waals surface area contributed by atoms with E-state index in [-0.39, 0.29) is 6.71 Å². The predicted octanol–water partition coefficient (Wildman–Crippen LogP) is 6.82. The Kier molecular flexibility index (Phi) is 3.75. The lowest BCUT2D eigenvalue weighted by Gasteiger charge is -2.34. The molecule has 40 heavy (non-hydrogen) atoms. The molecule has 4 heteroatoms. The first-order chi connectivity index (χ1) is 19.9. The average molecular weight is 508 g/mol. The van der Waals surface area contributed by atoms with E-state index in [1.165, 1.54) is 65.7 Å². The number of nitrogens with zero attached hydrogens (tertiary/aromatic N) is 2. The van der Waals surface area contributed by atoms with Crippen molar-refractivity contribution in [3.8, 4) is 22.9 Å². The molecule has 0 spiro atoms. The second-order valence-electron chi connectivity index (χ2n) is 10.9. The summed E-state index contributed by atoms with van der Waals surface area (Å²) in [5.74, 6) is 1.87. The number of hydrogen-bond acceptors (Lipinski definition) is 1. The van der Waals surface area contributed by atoms with Crippen LogP contribution in [0.5, 0.6) is 11.5 Å². The Morgan fingerprint density at radius 2 is 1.00 bits per heavy atom. The van der Waals surface area contributed by atoms with Gasteiger partial charge in [-0.1, -0.05) is 91.0 Å². The fraction of sp³-hybridized carbons (Fsp3) is 0. The standard InChI is InChI=1S/C36H21BN2O/c1-5-16-28-22(10-1)23-11-2-6-17-29(23)38(28)32-21-20-31-34-36(32)40-33-19-8-4-14-26(33)37(34)27-15-9-13-25-24-12-3-7-18-30(24)39(31)35(25)27/h1-21H.